The van der Waals surface area contributed by atoms with Crippen LogP contribution in [-0.4, -0.2) is 84.5 Å². The van der Waals surface area contributed by atoms with Crippen molar-refractivity contribution in [3.8, 4) is 11.5 Å². The zero-order chi connectivity index (χ0) is 41.1. The first-order valence-electron chi connectivity index (χ1n) is 19.7. The number of thiophene rings is 1. The molecule has 2 saturated heterocycles. The van der Waals surface area contributed by atoms with E-state index in [0.717, 1.165) is 17.0 Å². The fourth-order valence-electron chi connectivity index (χ4n) is 8.02. The number of methoxy groups -OCH3 is 1. The average Bonchev–Trinajstić information content (AvgIpc) is 3.56. The number of alkyl halides is 3. The van der Waals surface area contributed by atoms with E-state index >= 15 is 4.79 Å². The van der Waals surface area contributed by atoms with Crippen molar-refractivity contribution in [3.63, 3.8) is 0 Å². The van der Waals surface area contributed by atoms with Gasteiger partial charge in [-0.3, -0.25) is 14.6 Å². The van der Waals surface area contributed by atoms with Crippen LogP contribution in [0.5, 0.6) is 11.5 Å². The first kappa shape index (κ1) is 43.7. The lowest BCUT2D eigenvalue weighted by Crippen LogP contribution is -2.70. The van der Waals surface area contributed by atoms with Crippen molar-refractivity contribution in [2.24, 2.45) is 0 Å². The van der Waals surface area contributed by atoms with Crippen LogP contribution in [0, 0.1) is 6.92 Å². The zero-order valence-corrected chi connectivity index (χ0v) is 35.8. The Morgan fingerprint density at radius 3 is 2.43 bits per heavy atom. The molecule has 9 nitrogen and oxygen atoms in total. The minimum Gasteiger partial charge on any atom is -0.496 e. The highest BCUT2D eigenvalue weighted by atomic mass is 32.1. The highest BCUT2D eigenvalue weighted by Gasteiger charge is 2.58. The van der Waals surface area contributed by atoms with Crippen LogP contribution in [0.15, 0.2) is 54.0 Å². The molecule has 5 rings (SSSR count). The summed E-state index contributed by atoms with van der Waals surface area (Å²) in [5, 5.41) is 14.2. The lowest BCUT2D eigenvalue weighted by molar-refractivity contribution is -0.168. The number of halogens is 3. The van der Waals surface area contributed by atoms with Gasteiger partial charge in [0.05, 0.1) is 24.3 Å². The van der Waals surface area contributed by atoms with Crippen LogP contribution in [0.25, 0.3) is 0 Å². The van der Waals surface area contributed by atoms with E-state index in [1.54, 1.807) is 12.0 Å². The van der Waals surface area contributed by atoms with Crippen LogP contribution in [0.4, 0.5) is 13.2 Å². The molecule has 0 saturated carbocycles. The monoisotopic (exact) mass is 817 g/mol. The van der Waals surface area contributed by atoms with Crippen LogP contribution in [0.2, 0.25) is 18.1 Å². The van der Waals surface area contributed by atoms with Crippen molar-refractivity contribution in [3.05, 3.63) is 75.7 Å². The highest BCUT2D eigenvalue weighted by Crippen LogP contribution is 2.45. The summed E-state index contributed by atoms with van der Waals surface area (Å²) in [4.78, 5) is 38.0. The first-order chi connectivity index (χ1) is 26.3. The second kappa shape index (κ2) is 17.2. The van der Waals surface area contributed by atoms with Crippen molar-refractivity contribution >= 4 is 31.5 Å². The molecule has 2 unspecified atom stereocenters. The van der Waals surface area contributed by atoms with Gasteiger partial charge in [-0.25, -0.2) is 0 Å². The summed E-state index contributed by atoms with van der Waals surface area (Å²) in [6, 6.07) is 9.88. The van der Waals surface area contributed by atoms with E-state index in [0.29, 0.717) is 55.8 Å². The Morgan fingerprint density at radius 1 is 1.05 bits per heavy atom. The Bertz CT molecular complexity index is 1830. The summed E-state index contributed by atoms with van der Waals surface area (Å²) in [6.07, 6.45) is -0.633. The Morgan fingerprint density at radius 2 is 1.79 bits per heavy atom. The molecular formula is C42H58F3N3O6SSi. The molecule has 0 spiro atoms. The average molecular weight is 818 g/mol. The van der Waals surface area contributed by atoms with E-state index in [1.165, 1.54) is 22.4 Å². The number of ether oxygens (including phenoxy) is 2. The van der Waals surface area contributed by atoms with E-state index in [4.69, 9.17) is 13.9 Å². The minimum atomic E-state index is -4.81. The molecule has 4 heterocycles. The molecule has 308 valence electrons. The lowest BCUT2D eigenvalue weighted by atomic mass is 9.76. The Kier molecular flexibility index (Phi) is 13.4. The zero-order valence-electron chi connectivity index (χ0n) is 34.0. The maximum Gasteiger partial charge on any atom is 0.418 e. The molecule has 0 radical (unpaired) electrons. The number of aliphatic hydroxyl groups is 1. The second-order valence-electron chi connectivity index (χ2n) is 16.8. The number of benzene rings is 1. The predicted octanol–water partition coefficient (Wildman–Crippen LogP) is 9.38. The molecule has 56 heavy (non-hydrogen) atoms. The van der Waals surface area contributed by atoms with Gasteiger partial charge in [0, 0.05) is 60.6 Å². The number of carbonyl (C=O) groups excluding carboxylic acids is 2. The smallest absolute Gasteiger partial charge is 0.418 e. The van der Waals surface area contributed by atoms with Gasteiger partial charge in [-0.05, 0) is 81.4 Å². The van der Waals surface area contributed by atoms with Gasteiger partial charge in [0.2, 0.25) is 5.60 Å². The van der Waals surface area contributed by atoms with Crippen molar-refractivity contribution in [2.75, 3.05) is 26.8 Å². The third-order valence-corrected chi connectivity index (χ3v) is 17.3. The number of likely N-dealkylation sites (tertiary alicyclic amines) is 2. The van der Waals surface area contributed by atoms with Gasteiger partial charge in [-0.2, -0.15) is 13.2 Å². The Labute approximate surface area is 334 Å². The van der Waals surface area contributed by atoms with Crippen molar-refractivity contribution < 1.29 is 41.8 Å². The first-order valence-corrected chi connectivity index (χ1v) is 23.4. The molecule has 1 aromatic carbocycles. The quantitative estimate of drug-likeness (QED) is 0.136. The Balaban J connectivity index is 1.57. The maximum absolute atomic E-state index is 15.6. The summed E-state index contributed by atoms with van der Waals surface area (Å²) in [7, 11) is -0.497. The number of hydrogen-bond donors (Lipinski definition) is 1. The molecule has 0 aliphatic carbocycles. The fraction of sp³-hybridized carbons (Fsp3) is 0.595. The molecule has 0 bridgehead atoms. The van der Waals surface area contributed by atoms with Gasteiger partial charge in [0.25, 0.3) is 11.8 Å². The van der Waals surface area contributed by atoms with Gasteiger partial charge in [0.1, 0.15) is 17.2 Å². The van der Waals surface area contributed by atoms with Crippen LogP contribution in [-0.2, 0) is 21.0 Å². The van der Waals surface area contributed by atoms with Crippen LogP contribution >= 0.6 is 11.3 Å². The summed E-state index contributed by atoms with van der Waals surface area (Å²) in [5.74, 6) is -0.208. The summed E-state index contributed by atoms with van der Waals surface area (Å²) >= 11 is 1.46. The maximum atomic E-state index is 15.6. The third-order valence-electron chi connectivity index (χ3n) is 12.0. The Hall–Kier alpha value is -3.46. The van der Waals surface area contributed by atoms with Gasteiger partial charge < -0.3 is 28.8 Å². The molecule has 2 aliphatic heterocycles. The lowest BCUT2D eigenvalue weighted by Gasteiger charge is -2.53. The molecule has 2 fully saturated rings. The topological polar surface area (TPSA) is 101 Å². The summed E-state index contributed by atoms with van der Waals surface area (Å²) in [5.41, 5.74) is -4.11. The number of carbonyl (C=O) groups is 2. The standard InChI is InChI=1S/C42H58F3N3O6SSi/c1-9-15-35-41(54-31-26-29(2)55-28-31,20-14-23-48(35)37(49)36-33(42(43,44)45)18-12-22-46-36)38(50)47-24-21-40(51,32-17-10-11-19-34(32)52-6)27-30(47)16-13-25-53-56(7,8)39(3,4)5/h10-12,17-19,22,26,28,30,35,51H,9,13-16,20-21,23-25,27H2,1-8H3/t30?,35-,40?,41+/m1/s1. The minimum absolute atomic E-state index is 0.0163. The fourth-order valence-corrected chi connectivity index (χ4v) is 9.71. The third kappa shape index (κ3) is 9.13. The van der Waals surface area contributed by atoms with Gasteiger partial charge >= 0.3 is 6.18 Å². The highest BCUT2D eigenvalue weighted by molar-refractivity contribution is 7.10. The number of piperidine rings is 2. The van der Waals surface area contributed by atoms with Crippen molar-refractivity contribution in [2.45, 2.75) is 134 Å². The number of nitrogens with zero attached hydrogens (tertiary/aromatic N) is 3. The number of amides is 2. The molecule has 3 aromatic rings. The SMILES string of the molecule is CCC[C@H]1N(C(=O)c2ncccc2C(F)(F)F)CCC[C@@]1(Oc1csc(C)c1)C(=O)N1CCC(O)(c2ccccc2OC)CC1CCCO[Si](C)(C)C(C)(C)C. The number of aryl methyl sites for hydroxylation is 1. The predicted molar refractivity (Wildman–Crippen MR) is 215 cm³/mol. The molecular weight excluding hydrogens is 760 g/mol. The van der Waals surface area contributed by atoms with Gasteiger partial charge in [0.15, 0.2) is 8.32 Å². The number of pyridine rings is 1. The molecule has 2 aromatic heterocycles. The van der Waals surface area contributed by atoms with Crippen molar-refractivity contribution in [1.29, 1.82) is 0 Å². The number of rotatable bonds is 13. The molecule has 2 amide bonds. The largest absolute Gasteiger partial charge is 0.496 e. The summed E-state index contributed by atoms with van der Waals surface area (Å²) < 4.78 is 61.8. The van der Waals surface area contributed by atoms with Gasteiger partial charge in [-0.15, -0.1) is 11.3 Å². The number of para-hydroxylation sites is 1. The van der Waals surface area contributed by atoms with E-state index in [-0.39, 0.29) is 43.3 Å². The number of aromatic nitrogens is 1. The van der Waals surface area contributed by atoms with Gasteiger partial charge in [-0.1, -0.05) is 52.3 Å². The molecule has 1 N–H and O–H groups in total. The van der Waals surface area contributed by atoms with E-state index < -0.39 is 54.9 Å². The molecule has 4 atom stereocenters. The van der Waals surface area contributed by atoms with Crippen molar-refractivity contribution in [1.82, 2.24) is 14.8 Å². The molecule has 2 aliphatic rings. The van der Waals surface area contributed by atoms with E-state index in [9.17, 15) is 23.1 Å². The van der Waals surface area contributed by atoms with Crippen LogP contribution in [0.1, 0.15) is 106 Å². The second-order valence-corrected chi connectivity index (χ2v) is 22.7. The van der Waals surface area contributed by atoms with Crippen LogP contribution < -0.4 is 9.47 Å². The summed E-state index contributed by atoms with van der Waals surface area (Å²) in [6.45, 7) is 15.6. The normalized spacial score (nSPS) is 23.6. The van der Waals surface area contributed by atoms with Crippen LogP contribution in [0.3, 0.4) is 0 Å². The molecule has 14 heteroatoms. The number of hydrogen-bond acceptors (Lipinski definition) is 8. The van der Waals surface area contributed by atoms with E-state index in [2.05, 4.69) is 38.8 Å². The van der Waals surface area contributed by atoms with E-state index in [1.807, 2.05) is 49.6 Å².